The lowest BCUT2D eigenvalue weighted by molar-refractivity contribution is -0.119. The van der Waals surface area contributed by atoms with Crippen LogP contribution in [-0.4, -0.2) is 19.0 Å². The van der Waals surface area contributed by atoms with Crippen LogP contribution >= 0.6 is 15.9 Å². The SMILES string of the molecule is CCCNC(=O)CN(C#N)c1ccc(F)c(Br)c1. The van der Waals surface area contributed by atoms with Gasteiger partial charge in [0.1, 0.15) is 12.4 Å². The topological polar surface area (TPSA) is 56.1 Å². The number of carbonyl (C=O) groups is 1. The van der Waals surface area contributed by atoms with E-state index in [1.807, 2.05) is 13.1 Å². The highest BCUT2D eigenvalue weighted by molar-refractivity contribution is 9.10. The second kappa shape index (κ2) is 6.97. The third kappa shape index (κ3) is 4.00. The second-order valence-corrected chi connectivity index (χ2v) is 4.49. The lowest BCUT2D eigenvalue weighted by Crippen LogP contribution is -2.35. The van der Waals surface area contributed by atoms with E-state index in [9.17, 15) is 9.18 Å². The minimum atomic E-state index is -0.410. The van der Waals surface area contributed by atoms with Gasteiger partial charge >= 0.3 is 0 Å². The fraction of sp³-hybridized carbons (Fsp3) is 0.333. The van der Waals surface area contributed by atoms with Crippen LogP contribution in [-0.2, 0) is 4.79 Å². The van der Waals surface area contributed by atoms with E-state index in [1.54, 1.807) is 0 Å². The molecule has 0 aliphatic rings. The minimum Gasteiger partial charge on any atom is -0.355 e. The number of anilines is 1. The molecule has 0 saturated heterocycles. The molecule has 0 spiro atoms. The fourth-order valence-electron chi connectivity index (χ4n) is 1.30. The first-order valence-corrected chi connectivity index (χ1v) is 6.26. The van der Waals surface area contributed by atoms with Gasteiger partial charge in [0, 0.05) is 6.54 Å². The summed E-state index contributed by atoms with van der Waals surface area (Å²) in [6.45, 7) is 2.44. The number of nitriles is 1. The summed E-state index contributed by atoms with van der Waals surface area (Å²) in [5.74, 6) is -0.647. The molecular formula is C12H13BrFN3O. The number of nitrogens with one attached hydrogen (secondary N) is 1. The van der Waals surface area contributed by atoms with Crippen LogP contribution in [0.15, 0.2) is 22.7 Å². The maximum atomic E-state index is 13.1. The normalized spacial score (nSPS) is 9.67. The second-order valence-electron chi connectivity index (χ2n) is 3.63. The number of halogens is 2. The van der Waals surface area contributed by atoms with Crippen molar-refractivity contribution in [3.05, 3.63) is 28.5 Å². The molecule has 18 heavy (non-hydrogen) atoms. The highest BCUT2D eigenvalue weighted by atomic mass is 79.9. The van der Waals surface area contributed by atoms with E-state index < -0.39 is 5.82 Å². The molecule has 0 heterocycles. The predicted molar refractivity (Wildman–Crippen MR) is 70.4 cm³/mol. The number of benzene rings is 1. The summed E-state index contributed by atoms with van der Waals surface area (Å²) in [7, 11) is 0. The Morgan fingerprint density at radius 1 is 1.61 bits per heavy atom. The van der Waals surface area contributed by atoms with Crippen molar-refractivity contribution in [2.45, 2.75) is 13.3 Å². The van der Waals surface area contributed by atoms with Gasteiger partial charge in [0.05, 0.1) is 10.2 Å². The Bertz CT molecular complexity index is 473. The number of hydrogen-bond acceptors (Lipinski definition) is 3. The third-order valence-corrected chi connectivity index (χ3v) is 2.82. The number of carbonyl (C=O) groups excluding carboxylic acids is 1. The van der Waals surface area contributed by atoms with Gasteiger partial charge in [-0.05, 0) is 40.5 Å². The zero-order chi connectivity index (χ0) is 13.5. The first kappa shape index (κ1) is 14.5. The Morgan fingerprint density at radius 2 is 2.33 bits per heavy atom. The van der Waals surface area contributed by atoms with Crippen LogP contribution in [0.1, 0.15) is 13.3 Å². The van der Waals surface area contributed by atoms with Crippen molar-refractivity contribution < 1.29 is 9.18 Å². The van der Waals surface area contributed by atoms with E-state index in [4.69, 9.17) is 5.26 Å². The Hall–Kier alpha value is -1.61. The Morgan fingerprint density at radius 3 is 2.89 bits per heavy atom. The molecule has 96 valence electrons. The molecule has 6 heteroatoms. The molecule has 0 radical (unpaired) electrons. The van der Waals surface area contributed by atoms with E-state index in [-0.39, 0.29) is 16.9 Å². The van der Waals surface area contributed by atoms with Crippen LogP contribution in [0.4, 0.5) is 10.1 Å². The molecule has 0 aromatic heterocycles. The summed E-state index contributed by atoms with van der Waals surface area (Å²) in [6.07, 6.45) is 2.74. The van der Waals surface area contributed by atoms with Gasteiger partial charge in [-0.15, -0.1) is 0 Å². The van der Waals surface area contributed by atoms with Gasteiger partial charge in [0.25, 0.3) is 0 Å². The number of nitrogens with zero attached hydrogens (tertiary/aromatic N) is 2. The summed E-state index contributed by atoms with van der Waals surface area (Å²) < 4.78 is 13.3. The van der Waals surface area contributed by atoms with Gasteiger partial charge in [-0.2, -0.15) is 5.26 Å². The Balaban J connectivity index is 2.74. The lowest BCUT2D eigenvalue weighted by atomic mass is 10.3. The predicted octanol–water partition coefficient (Wildman–Crippen LogP) is 2.40. The molecule has 0 bridgehead atoms. The molecule has 0 aliphatic heterocycles. The summed E-state index contributed by atoms with van der Waals surface area (Å²) in [5.41, 5.74) is 0.470. The standard InChI is InChI=1S/C12H13BrFN3O/c1-2-5-16-12(18)7-17(8-15)9-3-4-11(14)10(13)6-9/h3-4,6H,2,5,7H2,1H3,(H,16,18). The fourth-order valence-corrected chi connectivity index (χ4v) is 1.67. The highest BCUT2D eigenvalue weighted by Gasteiger charge is 2.12. The smallest absolute Gasteiger partial charge is 0.240 e. The minimum absolute atomic E-state index is 0.0748. The summed E-state index contributed by atoms with van der Waals surface area (Å²) in [6, 6.07) is 4.16. The summed E-state index contributed by atoms with van der Waals surface area (Å²) >= 11 is 3.04. The maximum absolute atomic E-state index is 13.1. The largest absolute Gasteiger partial charge is 0.355 e. The monoisotopic (exact) mass is 313 g/mol. The van der Waals surface area contributed by atoms with Crippen molar-refractivity contribution in [2.75, 3.05) is 18.0 Å². The first-order chi connectivity index (χ1) is 8.58. The van der Waals surface area contributed by atoms with E-state index in [2.05, 4.69) is 21.2 Å². The molecule has 1 amide bonds. The molecule has 0 aliphatic carbocycles. The van der Waals surface area contributed by atoms with Crippen molar-refractivity contribution in [1.82, 2.24) is 5.32 Å². The average molecular weight is 314 g/mol. The molecule has 1 N–H and O–H groups in total. The van der Waals surface area contributed by atoms with Crippen molar-refractivity contribution in [1.29, 1.82) is 5.26 Å². The molecule has 4 nitrogen and oxygen atoms in total. The van der Waals surface area contributed by atoms with Crippen molar-refractivity contribution in [2.24, 2.45) is 0 Å². The van der Waals surface area contributed by atoms with Crippen molar-refractivity contribution in [3.63, 3.8) is 0 Å². The lowest BCUT2D eigenvalue weighted by Gasteiger charge is -2.15. The average Bonchev–Trinajstić information content (AvgIpc) is 2.37. The third-order valence-electron chi connectivity index (χ3n) is 2.21. The van der Waals surface area contributed by atoms with Gasteiger partial charge in [0.15, 0.2) is 6.19 Å². The molecule has 1 rings (SSSR count). The molecule has 1 aromatic rings. The van der Waals surface area contributed by atoms with Crippen LogP contribution < -0.4 is 10.2 Å². The van der Waals surface area contributed by atoms with Gasteiger partial charge in [0.2, 0.25) is 5.91 Å². The van der Waals surface area contributed by atoms with Gasteiger partial charge in [-0.3, -0.25) is 9.69 Å². The molecule has 0 atom stereocenters. The van der Waals surface area contributed by atoms with Gasteiger partial charge < -0.3 is 5.32 Å². The van der Waals surface area contributed by atoms with Gasteiger partial charge in [-0.1, -0.05) is 6.92 Å². The Labute approximate surface area is 114 Å². The van der Waals surface area contributed by atoms with E-state index in [0.29, 0.717) is 12.2 Å². The summed E-state index contributed by atoms with van der Waals surface area (Å²) in [5, 5.41) is 11.7. The van der Waals surface area contributed by atoms with Crippen molar-refractivity contribution >= 4 is 27.5 Å². The Kier molecular flexibility index (Phi) is 5.59. The van der Waals surface area contributed by atoms with Crippen LogP contribution in [0.2, 0.25) is 0 Å². The van der Waals surface area contributed by atoms with Crippen molar-refractivity contribution in [3.8, 4) is 6.19 Å². The highest BCUT2D eigenvalue weighted by Crippen LogP contribution is 2.22. The summed E-state index contributed by atoms with van der Waals surface area (Å²) in [4.78, 5) is 12.7. The van der Waals surface area contributed by atoms with E-state index in [1.165, 1.54) is 23.1 Å². The van der Waals surface area contributed by atoms with E-state index >= 15 is 0 Å². The van der Waals surface area contributed by atoms with Gasteiger partial charge in [-0.25, -0.2) is 4.39 Å². The first-order valence-electron chi connectivity index (χ1n) is 5.47. The zero-order valence-electron chi connectivity index (χ0n) is 9.91. The number of hydrogen-bond donors (Lipinski definition) is 1. The zero-order valence-corrected chi connectivity index (χ0v) is 11.5. The van der Waals surface area contributed by atoms with Crippen LogP contribution in [0.25, 0.3) is 0 Å². The quantitative estimate of drug-likeness (QED) is 0.671. The number of amides is 1. The van der Waals surface area contributed by atoms with Crippen LogP contribution in [0.3, 0.4) is 0 Å². The molecule has 0 saturated carbocycles. The molecule has 1 aromatic carbocycles. The van der Waals surface area contributed by atoms with Crippen LogP contribution in [0.5, 0.6) is 0 Å². The molecule has 0 unspecified atom stereocenters. The van der Waals surface area contributed by atoms with Crippen LogP contribution in [0, 0.1) is 17.3 Å². The van der Waals surface area contributed by atoms with E-state index in [0.717, 1.165) is 6.42 Å². The maximum Gasteiger partial charge on any atom is 0.240 e. The molecule has 0 fully saturated rings. The molecular weight excluding hydrogens is 301 g/mol. The number of rotatable bonds is 5.